The van der Waals surface area contributed by atoms with E-state index in [4.69, 9.17) is 20.2 Å². The number of nitrogens with one attached hydrogen (secondary N) is 1. The summed E-state index contributed by atoms with van der Waals surface area (Å²) in [5, 5.41) is 6.67. The first kappa shape index (κ1) is 34.6. The zero-order valence-corrected chi connectivity index (χ0v) is 28.8. The summed E-state index contributed by atoms with van der Waals surface area (Å²) in [5.41, 5.74) is 4.01. The van der Waals surface area contributed by atoms with Crippen LogP contribution in [0.4, 0.5) is 33.6 Å². The Balaban J connectivity index is 0.00000200. The summed E-state index contributed by atoms with van der Waals surface area (Å²) < 4.78 is 88.0. The van der Waals surface area contributed by atoms with Crippen molar-refractivity contribution in [3.63, 3.8) is 0 Å². The molecular weight excluding hydrogens is 673 g/mol. The van der Waals surface area contributed by atoms with Gasteiger partial charge >= 0.3 is 12.2 Å². The van der Waals surface area contributed by atoms with E-state index in [-0.39, 0.29) is 69.6 Å². The average molecular weight is 712 g/mol. The maximum Gasteiger partial charge on any atom is 0.417 e. The molecule has 8 rings (SSSR count). The predicted octanol–water partition coefficient (Wildman–Crippen LogP) is 7.14. The van der Waals surface area contributed by atoms with Crippen molar-refractivity contribution in [2.75, 3.05) is 36.9 Å². The molecule has 0 radical (unpaired) electrons. The fourth-order valence-corrected chi connectivity index (χ4v) is 7.72. The van der Waals surface area contributed by atoms with Crippen LogP contribution in [0.1, 0.15) is 69.7 Å². The third-order valence-corrected chi connectivity index (χ3v) is 10.2. The molecular formula is C35H38F5N9O2. The fourth-order valence-electron chi connectivity index (χ4n) is 7.72. The second-order valence-electron chi connectivity index (χ2n) is 13.1. The quantitative estimate of drug-likeness (QED) is 0.175. The van der Waals surface area contributed by atoms with Crippen LogP contribution in [0.15, 0.2) is 24.5 Å². The van der Waals surface area contributed by atoms with E-state index in [0.29, 0.717) is 5.56 Å². The van der Waals surface area contributed by atoms with Gasteiger partial charge in [-0.1, -0.05) is 13.8 Å². The molecule has 4 aromatic heterocycles. The minimum atomic E-state index is -4.86. The summed E-state index contributed by atoms with van der Waals surface area (Å²) in [7, 11) is 0. The second-order valence-corrected chi connectivity index (χ2v) is 13.1. The number of rotatable bonds is 6. The Kier molecular flexibility index (Phi) is 8.63. The first-order valence-corrected chi connectivity index (χ1v) is 17.0. The number of nitrogen functional groups attached to an aromatic ring is 1. The SMILES string of the molecule is CC.Cc1cc2[nH]ncc2c(-c2nc3c4c(nc(OCC56CCCN5CC6)nc4c2F)N(C(C)c2cc(F)cnc2N)[C@@H](C)CO3)c1C(F)(F)F. The maximum absolute atomic E-state index is 17.1. The topological polar surface area (TPSA) is 131 Å². The van der Waals surface area contributed by atoms with Crippen LogP contribution in [0.5, 0.6) is 11.9 Å². The van der Waals surface area contributed by atoms with Gasteiger partial charge in [0.25, 0.3) is 0 Å². The molecule has 3 aliphatic rings. The van der Waals surface area contributed by atoms with E-state index in [0.717, 1.165) is 38.5 Å². The normalized spacial score (nSPS) is 20.7. The van der Waals surface area contributed by atoms with E-state index >= 15 is 4.39 Å². The molecule has 16 heteroatoms. The van der Waals surface area contributed by atoms with Crippen LogP contribution in [-0.4, -0.2) is 72.9 Å². The Labute approximate surface area is 290 Å². The van der Waals surface area contributed by atoms with Crippen LogP contribution in [0.25, 0.3) is 33.1 Å². The van der Waals surface area contributed by atoms with Crippen molar-refractivity contribution < 1.29 is 31.4 Å². The molecule has 3 N–H and O–H groups in total. The molecule has 0 aliphatic carbocycles. The first-order valence-electron chi connectivity index (χ1n) is 17.0. The van der Waals surface area contributed by atoms with Gasteiger partial charge in [-0.3, -0.25) is 10.00 Å². The van der Waals surface area contributed by atoms with Gasteiger partial charge in [0, 0.05) is 23.1 Å². The zero-order valence-electron chi connectivity index (χ0n) is 28.8. The number of aromatic amines is 1. The first-order chi connectivity index (χ1) is 24.4. The summed E-state index contributed by atoms with van der Waals surface area (Å²) in [6, 6.07) is 1.25. The van der Waals surface area contributed by atoms with E-state index in [9.17, 15) is 17.6 Å². The summed E-state index contributed by atoms with van der Waals surface area (Å²) in [4.78, 5) is 21.7. The van der Waals surface area contributed by atoms with Gasteiger partial charge in [0.2, 0.25) is 5.88 Å². The van der Waals surface area contributed by atoms with Crippen LogP contribution >= 0.6 is 0 Å². The van der Waals surface area contributed by atoms with Gasteiger partial charge in [0.15, 0.2) is 5.82 Å². The molecule has 3 aliphatic heterocycles. The lowest BCUT2D eigenvalue weighted by Crippen LogP contribution is -2.59. The molecule has 11 nitrogen and oxygen atoms in total. The van der Waals surface area contributed by atoms with Crippen molar-refractivity contribution in [2.45, 2.75) is 77.7 Å². The van der Waals surface area contributed by atoms with Crippen molar-refractivity contribution in [3.8, 4) is 23.1 Å². The van der Waals surface area contributed by atoms with Gasteiger partial charge in [-0.2, -0.15) is 28.2 Å². The largest absolute Gasteiger partial charge is 0.475 e. The van der Waals surface area contributed by atoms with Crippen molar-refractivity contribution in [2.24, 2.45) is 0 Å². The highest BCUT2D eigenvalue weighted by Crippen LogP contribution is 2.48. The van der Waals surface area contributed by atoms with Gasteiger partial charge in [0.05, 0.1) is 41.1 Å². The Bertz CT molecular complexity index is 2140. The second kappa shape index (κ2) is 12.7. The van der Waals surface area contributed by atoms with E-state index in [1.54, 1.807) is 11.8 Å². The zero-order chi connectivity index (χ0) is 36.4. The Morgan fingerprint density at radius 1 is 1.12 bits per heavy atom. The number of pyridine rings is 2. The number of alkyl halides is 3. The number of benzene rings is 1. The number of H-pyrrole nitrogens is 1. The Hall–Kier alpha value is -4.86. The highest BCUT2D eigenvalue weighted by Gasteiger charge is 2.49. The van der Waals surface area contributed by atoms with Crippen LogP contribution in [0.3, 0.4) is 0 Å². The predicted molar refractivity (Wildman–Crippen MR) is 182 cm³/mol. The molecule has 0 amide bonds. The van der Waals surface area contributed by atoms with Gasteiger partial charge in [0.1, 0.15) is 47.3 Å². The van der Waals surface area contributed by atoms with Gasteiger partial charge in [-0.05, 0) is 64.3 Å². The molecule has 1 aromatic carbocycles. The number of hydrogen-bond acceptors (Lipinski definition) is 10. The minimum absolute atomic E-state index is 0.0263. The smallest absolute Gasteiger partial charge is 0.417 e. The molecule has 7 heterocycles. The Morgan fingerprint density at radius 3 is 2.61 bits per heavy atom. The molecule has 2 unspecified atom stereocenters. The molecule has 0 spiro atoms. The summed E-state index contributed by atoms with van der Waals surface area (Å²) in [6.07, 6.45) is 0.224. The number of aromatic nitrogens is 6. The molecule has 2 fully saturated rings. The average Bonchev–Trinajstić information content (AvgIpc) is 3.63. The lowest BCUT2D eigenvalue weighted by molar-refractivity contribution is -0.137. The van der Waals surface area contributed by atoms with E-state index < -0.39 is 46.7 Å². The van der Waals surface area contributed by atoms with Crippen molar-refractivity contribution in [1.82, 2.24) is 35.0 Å². The van der Waals surface area contributed by atoms with Crippen molar-refractivity contribution >= 4 is 33.4 Å². The van der Waals surface area contributed by atoms with Crippen LogP contribution < -0.4 is 20.1 Å². The number of aryl methyl sites for hydroxylation is 1. The highest BCUT2D eigenvalue weighted by molar-refractivity contribution is 6.02. The standard InChI is InChI=1S/C33H32F5N9O2.C2H6/c1-15-9-21-20(12-41-45-21)22(24(15)33(36,37)38)26-25(35)27-23-29(44-31(43-27)49-14-32-5-4-7-46(32)8-6-32)47(16(2)13-48-30(23)42-26)17(3)19-10-18(34)11-40-28(19)39;1-2/h9-12,16-17H,4-8,13-14H2,1-3H3,(H2,39,40)(H,41,45);1-2H3/t16-,17?,32?;/m0./s1. The molecule has 2 saturated heterocycles. The van der Waals surface area contributed by atoms with Crippen molar-refractivity contribution in [1.29, 1.82) is 0 Å². The highest BCUT2D eigenvalue weighted by atomic mass is 19.4. The van der Waals surface area contributed by atoms with E-state index in [1.165, 1.54) is 25.3 Å². The lowest BCUT2D eigenvalue weighted by atomic mass is 9.86. The molecule has 3 atom stereocenters. The number of nitrogens with two attached hydrogens (primary N) is 1. The van der Waals surface area contributed by atoms with Gasteiger partial charge < -0.3 is 20.1 Å². The van der Waals surface area contributed by atoms with Crippen LogP contribution in [-0.2, 0) is 6.18 Å². The molecule has 0 bridgehead atoms. The monoisotopic (exact) mass is 711 g/mol. The number of ether oxygens (including phenoxy) is 2. The molecule has 5 aromatic rings. The van der Waals surface area contributed by atoms with Crippen molar-refractivity contribution in [3.05, 3.63) is 52.9 Å². The molecule has 51 heavy (non-hydrogen) atoms. The minimum Gasteiger partial charge on any atom is -0.475 e. The summed E-state index contributed by atoms with van der Waals surface area (Å²) in [6.45, 7) is 11.0. The van der Waals surface area contributed by atoms with Gasteiger partial charge in [-0.25, -0.2) is 18.7 Å². The summed E-state index contributed by atoms with van der Waals surface area (Å²) in [5.74, 6) is -1.65. The number of nitrogens with zero attached hydrogens (tertiary/aromatic N) is 7. The molecule has 0 saturated carbocycles. The number of fused-ring (bicyclic) bond motifs is 2. The maximum atomic E-state index is 17.1. The molecule has 270 valence electrons. The van der Waals surface area contributed by atoms with Gasteiger partial charge in [-0.15, -0.1) is 0 Å². The van der Waals surface area contributed by atoms with Crippen LogP contribution in [0, 0.1) is 18.6 Å². The number of anilines is 2. The number of hydrogen-bond donors (Lipinski definition) is 2. The third-order valence-electron chi connectivity index (χ3n) is 10.2. The Morgan fingerprint density at radius 2 is 1.90 bits per heavy atom. The van der Waals surface area contributed by atoms with E-state index in [2.05, 4.69) is 30.0 Å². The number of halogens is 5. The summed E-state index contributed by atoms with van der Waals surface area (Å²) >= 11 is 0. The lowest BCUT2D eigenvalue weighted by Gasteiger charge is -2.47. The van der Waals surface area contributed by atoms with Crippen LogP contribution in [0.2, 0.25) is 0 Å². The third kappa shape index (κ3) is 5.63. The van der Waals surface area contributed by atoms with E-state index in [1.807, 2.05) is 20.8 Å². The fraction of sp³-hybridized carbons (Fsp3) is 0.457.